The van der Waals surface area contributed by atoms with Crippen molar-refractivity contribution in [3.05, 3.63) is 12.2 Å². The number of unbranched alkanes of at least 4 members (excludes halogenated alkanes) is 28. The van der Waals surface area contributed by atoms with Crippen LogP contribution in [0.2, 0.25) is 0 Å². The smallest absolute Gasteiger partial charge is 0.249 e. The average molecular weight is 638 g/mol. The average Bonchev–Trinajstić information content (AvgIpc) is 3.04. The Morgan fingerprint density at radius 2 is 0.867 bits per heavy atom. The molecule has 0 spiro atoms. The van der Waals surface area contributed by atoms with Crippen LogP contribution in [-0.2, 0) is 4.79 Å². The molecule has 0 unspecified atom stereocenters. The number of amides is 1. The highest BCUT2D eigenvalue weighted by atomic mass is 16.3. The predicted octanol–water partition coefficient (Wildman–Crippen LogP) is 10.9. The minimum atomic E-state index is -1.09. The van der Waals surface area contributed by atoms with Crippen LogP contribution in [0.3, 0.4) is 0 Å². The Morgan fingerprint density at radius 3 is 1.22 bits per heavy atom. The second-order valence-corrected chi connectivity index (χ2v) is 13.9. The fourth-order valence-electron chi connectivity index (χ4n) is 6.18. The maximum atomic E-state index is 12.4. The number of hydrogen-bond donors (Lipinski definition) is 4. The van der Waals surface area contributed by atoms with Gasteiger partial charge >= 0.3 is 0 Å². The van der Waals surface area contributed by atoms with E-state index in [1.807, 2.05) is 6.08 Å². The highest BCUT2D eigenvalue weighted by Gasteiger charge is 2.22. The van der Waals surface area contributed by atoms with Crippen molar-refractivity contribution in [2.24, 2.45) is 0 Å². The zero-order chi connectivity index (χ0) is 33.1. The van der Waals surface area contributed by atoms with Gasteiger partial charge in [0.25, 0.3) is 0 Å². The summed E-state index contributed by atoms with van der Waals surface area (Å²) >= 11 is 0. The van der Waals surface area contributed by atoms with Crippen molar-refractivity contribution in [3.8, 4) is 0 Å². The number of nitrogens with one attached hydrogen (secondary N) is 1. The molecule has 3 atom stereocenters. The third-order valence-corrected chi connectivity index (χ3v) is 9.38. The van der Waals surface area contributed by atoms with Crippen molar-refractivity contribution in [1.29, 1.82) is 0 Å². The number of carbonyl (C=O) groups excluding carboxylic acids is 1. The van der Waals surface area contributed by atoms with Gasteiger partial charge < -0.3 is 20.6 Å². The summed E-state index contributed by atoms with van der Waals surface area (Å²) in [6.07, 6.45) is 40.9. The Hall–Kier alpha value is -0.910. The van der Waals surface area contributed by atoms with Crippen molar-refractivity contribution in [1.82, 2.24) is 5.32 Å². The van der Waals surface area contributed by atoms with Crippen LogP contribution >= 0.6 is 0 Å². The summed E-state index contributed by atoms with van der Waals surface area (Å²) in [7, 11) is 0. The Kier molecular flexibility index (Phi) is 35.2. The molecule has 0 aromatic heterocycles. The third-order valence-electron chi connectivity index (χ3n) is 9.38. The third kappa shape index (κ3) is 31.5. The van der Waals surface area contributed by atoms with Crippen molar-refractivity contribution < 1.29 is 20.1 Å². The SMILES string of the molecule is CCCCCCCCCCCCC/C=C/[C@@H](O)[C@H](CO)NC(=O)[C@H](O)CCCCCCCCCCCCCCCCCCCC. The van der Waals surface area contributed by atoms with Gasteiger partial charge in [0.1, 0.15) is 6.10 Å². The van der Waals surface area contributed by atoms with Crippen LogP contribution in [-0.4, -0.2) is 46.1 Å². The van der Waals surface area contributed by atoms with E-state index in [1.54, 1.807) is 6.08 Å². The Labute approximate surface area is 280 Å². The summed E-state index contributed by atoms with van der Waals surface area (Å²) in [5.41, 5.74) is 0. The fourth-order valence-corrected chi connectivity index (χ4v) is 6.18. The monoisotopic (exact) mass is 638 g/mol. The van der Waals surface area contributed by atoms with Crippen LogP contribution in [0.25, 0.3) is 0 Å². The van der Waals surface area contributed by atoms with Crippen molar-refractivity contribution in [3.63, 3.8) is 0 Å². The lowest BCUT2D eigenvalue weighted by molar-refractivity contribution is -0.131. The molecule has 0 saturated carbocycles. The molecule has 0 fully saturated rings. The molecular formula is C40H79NO4. The van der Waals surface area contributed by atoms with Gasteiger partial charge in [-0.3, -0.25) is 4.79 Å². The minimum absolute atomic E-state index is 0.360. The van der Waals surface area contributed by atoms with Crippen LogP contribution < -0.4 is 5.32 Å². The van der Waals surface area contributed by atoms with Gasteiger partial charge in [-0.2, -0.15) is 0 Å². The number of aliphatic hydroxyl groups is 3. The number of aliphatic hydroxyl groups excluding tert-OH is 3. The van der Waals surface area contributed by atoms with Crippen LogP contribution in [0, 0.1) is 0 Å². The summed E-state index contributed by atoms with van der Waals surface area (Å²) in [5, 5.41) is 33.0. The molecule has 0 aromatic carbocycles. The molecule has 0 radical (unpaired) electrons. The first kappa shape index (κ1) is 44.1. The van der Waals surface area contributed by atoms with Gasteiger partial charge in [-0.15, -0.1) is 0 Å². The van der Waals surface area contributed by atoms with Gasteiger partial charge in [-0.05, 0) is 19.3 Å². The molecule has 0 bridgehead atoms. The standard InChI is InChI=1S/C40H79NO4/c1-3-5-7-9-11-13-15-17-18-19-20-21-23-25-27-29-31-33-35-39(44)40(45)41-37(36-42)38(43)34-32-30-28-26-24-22-16-14-12-10-8-6-4-2/h32,34,37-39,42-44H,3-31,33,35-36H2,1-2H3,(H,41,45)/b34-32+/t37-,38+,39+/m0/s1. The van der Waals surface area contributed by atoms with Gasteiger partial charge in [-0.1, -0.05) is 206 Å². The van der Waals surface area contributed by atoms with Crippen molar-refractivity contribution >= 4 is 5.91 Å². The molecule has 0 rings (SSSR count). The highest BCUT2D eigenvalue weighted by Crippen LogP contribution is 2.16. The van der Waals surface area contributed by atoms with E-state index in [0.29, 0.717) is 6.42 Å². The molecule has 268 valence electrons. The molecule has 0 aliphatic heterocycles. The molecular weight excluding hydrogens is 558 g/mol. The maximum Gasteiger partial charge on any atom is 0.249 e. The number of rotatable bonds is 36. The summed E-state index contributed by atoms with van der Waals surface area (Å²) in [6.45, 7) is 4.18. The Bertz CT molecular complexity index is 625. The molecule has 0 aromatic rings. The van der Waals surface area contributed by atoms with Crippen molar-refractivity contribution in [2.75, 3.05) is 6.61 Å². The zero-order valence-corrected chi connectivity index (χ0v) is 30.3. The minimum Gasteiger partial charge on any atom is -0.394 e. The van der Waals surface area contributed by atoms with Crippen LogP contribution in [0.4, 0.5) is 0 Å². The lowest BCUT2D eigenvalue weighted by Gasteiger charge is -2.21. The number of carbonyl (C=O) groups is 1. The molecule has 0 saturated heterocycles. The second-order valence-electron chi connectivity index (χ2n) is 13.9. The van der Waals surface area contributed by atoms with Gasteiger partial charge in [0.15, 0.2) is 0 Å². The fraction of sp³-hybridized carbons (Fsp3) is 0.925. The first-order valence-corrected chi connectivity index (χ1v) is 20.0. The van der Waals surface area contributed by atoms with E-state index in [1.165, 1.54) is 161 Å². The van der Waals surface area contributed by atoms with Gasteiger partial charge in [-0.25, -0.2) is 0 Å². The van der Waals surface area contributed by atoms with E-state index in [4.69, 9.17) is 0 Å². The lowest BCUT2D eigenvalue weighted by Crippen LogP contribution is -2.48. The van der Waals surface area contributed by atoms with Gasteiger partial charge in [0, 0.05) is 0 Å². The van der Waals surface area contributed by atoms with Crippen LogP contribution in [0.15, 0.2) is 12.2 Å². The van der Waals surface area contributed by atoms with Crippen LogP contribution in [0.1, 0.15) is 213 Å². The van der Waals surface area contributed by atoms with E-state index in [0.717, 1.165) is 32.1 Å². The van der Waals surface area contributed by atoms with E-state index in [2.05, 4.69) is 19.2 Å². The first-order valence-electron chi connectivity index (χ1n) is 20.0. The second kappa shape index (κ2) is 35.9. The van der Waals surface area contributed by atoms with Crippen LogP contribution in [0.5, 0.6) is 0 Å². The number of hydrogen-bond acceptors (Lipinski definition) is 4. The van der Waals surface area contributed by atoms with E-state index < -0.39 is 24.2 Å². The summed E-state index contributed by atoms with van der Waals surface area (Å²) in [5.74, 6) is -0.501. The summed E-state index contributed by atoms with van der Waals surface area (Å²) < 4.78 is 0. The van der Waals surface area contributed by atoms with Gasteiger partial charge in [0.2, 0.25) is 5.91 Å². The molecule has 45 heavy (non-hydrogen) atoms. The van der Waals surface area contributed by atoms with Gasteiger partial charge in [0.05, 0.1) is 18.8 Å². The Balaban J connectivity index is 3.67. The first-order chi connectivity index (χ1) is 22.1. The zero-order valence-electron chi connectivity index (χ0n) is 30.3. The highest BCUT2D eigenvalue weighted by molar-refractivity contribution is 5.80. The largest absolute Gasteiger partial charge is 0.394 e. The molecule has 5 heteroatoms. The summed E-state index contributed by atoms with van der Waals surface area (Å²) in [6, 6.07) is -0.791. The van der Waals surface area contributed by atoms with E-state index >= 15 is 0 Å². The lowest BCUT2D eigenvalue weighted by atomic mass is 10.0. The van der Waals surface area contributed by atoms with E-state index in [9.17, 15) is 20.1 Å². The summed E-state index contributed by atoms with van der Waals surface area (Å²) in [4.78, 5) is 12.4. The maximum absolute atomic E-state index is 12.4. The molecule has 0 aliphatic rings. The topological polar surface area (TPSA) is 89.8 Å². The Morgan fingerprint density at radius 1 is 0.533 bits per heavy atom. The quantitative estimate of drug-likeness (QED) is 0.0406. The molecule has 0 heterocycles. The van der Waals surface area contributed by atoms with Crippen molar-refractivity contribution in [2.45, 2.75) is 231 Å². The molecule has 0 aliphatic carbocycles. The normalized spacial score (nSPS) is 13.8. The van der Waals surface area contributed by atoms with E-state index in [-0.39, 0.29) is 6.61 Å². The molecule has 4 N–H and O–H groups in total. The number of allylic oxidation sites excluding steroid dienone is 1. The molecule has 5 nitrogen and oxygen atoms in total. The predicted molar refractivity (Wildman–Crippen MR) is 195 cm³/mol. The molecule has 1 amide bonds.